The van der Waals surface area contributed by atoms with E-state index in [4.69, 9.17) is 0 Å². The van der Waals surface area contributed by atoms with Crippen LogP contribution in [0.5, 0.6) is 0 Å². The van der Waals surface area contributed by atoms with Gasteiger partial charge in [0.05, 0.1) is 22.8 Å². The topological polar surface area (TPSA) is 118 Å². The third-order valence-electron chi connectivity index (χ3n) is 5.14. The van der Waals surface area contributed by atoms with E-state index in [1.165, 1.54) is 11.8 Å². The molecule has 0 aromatic carbocycles. The highest BCUT2D eigenvalue weighted by Gasteiger charge is 2.33. The summed E-state index contributed by atoms with van der Waals surface area (Å²) >= 11 is 1.27. The number of rotatable bonds is 7. The number of carbonyl (C=O) groups is 1. The first-order valence-electron chi connectivity index (χ1n) is 8.96. The second kappa shape index (κ2) is 8.19. The zero-order valence-electron chi connectivity index (χ0n) is 16.4. The standard InChI is InChI=1S/C17H27N5O3S2/c1-11(2)17(4,10-18)19-15(23)12(3)26-16-21-20-14(22(16)5)8-13-6-7-27(24,25)9-13/h11-13H,6-9H2,1-5H3,(H,19,23)/t12-,13+,17-/m0/s1. The first-order chi connectivity index (χ1) is 12.5. The predicted octanol–water partition coefficient (Wildman–Crippen LogP) is 1.33. The first-order valence-corrected chi connectivity index (χ1v) is 11.7. The van der Waals surface area contributed by atoms with Crippen LogP contribution in [0.1, 0.15) is 39.9 Å². The molecule has 0 saturated carbocycles. The molecule has 1 saturated heterocycles. The number of nitriles is 1. The Morgan fingerprint density at radius 1 is 1.44 bits per heavy atom. The van der Waals surface area contributed by atoms with Crippen molar-refractivity contribution >= 4 is 27.5 Å². The van der Waals surface area contributed by atoms with E-state index in [1.54, 1.807) is 13.8 Å². The summed E-state index contributed by atoms with van der Waals surface area (Å²) in [5.41, 5.74) is -0.926. The molecule has 27 heavy (non-hydrogen) atoms. The minimum absolute atomic E-state index is 0.0206. The number of thioether (sulfide) groups is 1. The summed E-state index contributed by atoms with van der Waals surface area (Å²) in [6.45, 7) is 7.25. The number of aromatic nitrogens is 3. The Morgan fingerprint density at radius 2 is 2.11 bits per heavy atom. The van der Waals surface area contributed by atoms with Gasteiger partial charge in [-0.1, -0.05) is 25.6 Å². The highest BCUT2D eigenvalue weighted by molar-refractivity contribution is 8.00. The van der Waals surface area contributed by atoms with Crippen LogP contribution in [-0.4, -0.2) is 51.4 Å². The third-order valence-corrected chi connectivity index (χ3v) is 8.12. The molecule has 1 N–H and O–H groups in total. The first kappa shape index (κ1) is 21.7. The van der Waals surface area contributed by atoms with Gasteiger partial charge in [0.2, 0.25) is 5.91 Å². The van der Waals surface area contributed by atoms with Gasteiger partial charge in [-0.2, -0.15) is 5.26 Å². The van der Waals surface area contributed by atoms with Gasteiger partial charge in [0, 0.05) is 13.5 Å². The molecule has 1 aliphatic rings. The van der Waals surface area contributed by atoms with Crippen molar-refractivity contribution in [1.29, 1.82) is 5.26 Å². The minimum Gasteiger partial charge on any atom is -0.337 e. The van der Waals surface area contributed by atoms with E-state index in [9.17, 15) is 18.5 Å². The summed E-state index contributed by atoms with van der Waals surface area (Å²) in [5, 5.41) is 20.6. The zero-order chi connectivity index (χ0) is 20.4. The molecule has 150 valence electrons. The molecule has 1 fully saturated rings. The third kappa shape index (κ3) is 5.23. The molecule has 8 nitrogen and oxygen atoms in total. The summed E-state index contributed by atoms with van der Waals surface area (Å²) in [4.78, 5) is 12.5. The van der Waals surface area contributed by atoms with E-state index < -0.39 is 20.6 Å². The lowest BCUT2D eigenvalue weighted by Gasteiger charge is -2.28. The lowest BCUT2D eigenvalue weighted by molar-refractivity contribution is -0.121. The van der Waals surface area contributed by atoms with E-state index in [2.05, 4.69) is 21.6 Å². The fourth-order valence-corrected chi connectivity index (χ4v) is 5.48. The summed E-state index contributed by atoms with van der Waals surface area (Å²) < 4.78 is 25.0. The van der Waals surface area contributed by atoms with Crippen LogP contribution < -0.4 is 5.32 Å². The maximum absolute atomic E-state index is 12.5. The van der Waals surface area contributed by atoms with Crippen LogP contribution in [0, 0.1) is 23.2 Å². The van der Waals surface area contributed by atoms with Crippen LogP contribution in [0.4, 0.5) is 0 Å². The Balaban J connectivity index is 2.00. The van der Waals surface area contributed by atoms with Crippen LogP contribution >= 0.6 is 11.8 Å². The van der Waals surface area contributed by atoms with Crippen molar-refractivity contribution in [3.63, 3.8) is 0 Å². The van der Waals surface area contributed by atoms with Crippen molar-refractivity contribution in [1.82, 2.24) is 20.1 Å². The monoisotopic (exact) mass is 413 g/mol. The SMILES string of the molecule is CC(C)[C@](C)(C#N)NC(=O)[C@H](C)Sc1nnc(C[C@H]2CCS(=O)(=O)C2)n1C. The quantitative estimate of drug-likeness (QED) is 0.670. The molecule has 0 spiro atoms. The Labute approximate surface area is 165 Å². The summed E-state index contributed by atoms with van der Waals surface area (Å²) in [6, 6.07) is 2.17. The highest BCUT2D eigenvalue weighted by atomic mass is 32.2. The van der Waals surface area contributed by atoms with Gasteiger partial charge in [0.1, 0.15) is 11.4 Å². The van der Waals surface area contributed by atoms with Gasteiger partial charge in [-0.25, -0.2) is 8.42 Å². The molecule has 0 unspecified atom stereocenters. The normalized spacial score (nSPS) is 22.2. The molecule has 0 aliphatic carbocycles. The minimum atomic E-state index is -2.92. The number of hydrogen-bond acceptors (Lipinski definition) is 7. The van der Waals surface area contributed by atoms with Crippen molar-refractivity contribution in [2.75, 3.05) is 11.5 Å². The molecule has 1 aromatic rings. The van der Waals surface area contributed by atoms with Crippen molar-refractivity contribution in [3.05, 3.63) is 5.82 Å². The molecule has 2 heterocycles. The summed E-state index contributed by atoms with van der Waals surface area (Å²) in [6.07, 6.45) is 1.21. The number of sulfone groups is 1. The largest absolute Gasteiger partial charge is 0.337 e. The Morgan fingerprint density at radius 3 is 2.63 bits per heavy atom. The maximum atomic E-state index is 12.5. The Hall–Kier alpha value is -1.60. The van der Waals surface area contributed by atoms with E-state index in [-0.39, 0.29) is 29.2 Å². The molecule has 3 atom stereocenters. The van der Waals surface area contributed by atoms with Gasteiger partial charge in [0.15, 0.2) is 15.0 Å². The van der Waals surface area contributed by atoms with Gasteiger partial charge in [0.25, 0.3) is 0 Å². The predicted molar refractivity (Wildman–Crippen MR) is 104 cm³/mol. The van der Waals surface area contributed by atoms with E-state index >= 15 is 0 Å². The molecule has 1 amide bonds. The average molecular weight is 414 g/mol. The maximum Gasteiger partial charge on any atom is 0.234 e. The van der Waals surface area contributed by atoms with Gasteiger partial charge in [-0.3, -0.25) is 4.79 Å². The number of amides is 1. The van der Waals surface area contributed by atoms with Gasteiger partial charge in [-0.15, -0.1) is 10.2 Å². The van der Waals surface area contributed by atoms with E-state index in [0.29, 0.717) is 18.0 Å². The summed E-state index contributed by atoms with van der Waals surface area (Å²) in [7, 11) is -1.10. The van der Waals surface area contributed by atoms with E-state index in [0.717, 1.165) is 5.82 Å². The van der Waals surface area contributed by atoms with Crippen molar-refractivity contribution in [2.24, 2.45) is 18.9 Å². The van der Waals surface area contributed by atoms with Crippen LogP contribution in [0.2, 0.25) is 0 Å². The highest BCUT2D eigenvalue weighted by Crippen LogP contribution is 2.26. The molecule has 10 heteroatoms. The van der Waals surface area contributed by atoms with Crippen LogP contribution in [0.15, 0.2) is 5.16 Å². The van der Waals surface area contributed by atoms with E-state index in [1.807, 2.05) is 25.5 Å². The number of nitrogens with zero attached hydrogens (tertiary/aromatic N) is 4. The molecule has 0 radical (unpaired) electrons. The smallest absolute Gasteiger partial charge is 0.234 e. The van der Waals surface area contributed by atoms with Crippen molar-refractivity contribution < 1.29 is 13.2 Å². The Bertz CT molecular complexity index is 843. The zero-order valence-corrected chi connectivity index (χ0v) is 18.0. The number of nitrogens with one attached hydrogen (secondary N) is 1. The van der Waals surface area contributed by atoms with Gasteiger partial charge in [-0.05, 0) is 32.1 Å². The summed E-state index contributed by atoms with van der Waals surface area (Å²) in [5.74, 6) is 0.970. The molecule has 1 aromatic heterocycles. The lowest BCUT2D eigenvalue weighted by Crippen LogP contribution is -2.51. The van der Waals surface area contributed by atoms with Crippen molar-refractivity contribution in [2.45, 2.75) is 56.5 Å². The van der Waals surface area contributed by atoms with Gasteiger partial charge >= 0.3 is 0 Å². The lowest BCUT2D eigenvalue weighted by atomic mass is 9.90. The van der Waals surface area contributed by atoms with Crippen LogP contribution in [-0.2, 0) is 28.1 Å². The average Bonchev–Trinajstić information content (AvgIpc) is 3.10. The number of hydrogen-bond donors (Lipinski definition) is 1. The second-order valence-corrected chi connectivity index (χ2v) is 11.2. The molecular weight excluding hydrogens is 386 g/mol. The second-order valence-electron chi connectivity index (χ2n) is 7.65. The van der Waals surface area contributed by atoms with Gasteiger partial charge < -0.3 is 9.88 Å². The van der Waals surface area contributed by atoms with Crippen LogP contribution in [0.25, 0.3) is 0 Å². The molecule has 2 rings (SSSR count). The van der Waals surface area contributed by atoms with Crippen molar-refractivity contribution in [3.8, 4) is 6.07 Å². The Kier molecular flexibility index (Phi) is 6.58. The number of carbonyl (C=O) groups excluding carboxylic acids is 1. The van der Waals surface area contributed by atoms with Crippen LogP contribution in [0.3, 0.4) is 0 Å². The molecule has 1 aliphatic heterocycles. The molecular formula is C17H27N5O3S2. The fourth-order valence-electron chi connectivity index (χ4n) is 2.79. The molecule has 0 bridgehead atoms. The fraction of sp³-hybridized carbons (Fsp3) is 0.765.